The molecule has 2 amide bonds. The maximum atomic E-state index is 13.7. The predicted octanol–water partition coefficient (Wildman–Crippen LogP) is 4.15. The van der Waals surface area contributed by atoms with Crippen molar-refractivity contribution in [2.75, 3.05) is 30.0 Å². The number of nitrogens with one attached hydrogen (secondary N) is 1. The first-order valence-corrected chi connectivity index (χ1v) is 13.5. The topological polar surface area (TPSA) is 120 Å². The van der Waals surface area contributed by atoms with Gasteiger partial charge in [0.05, 0.1) is 30.2 Å². The number of carbonyl (C=O) groups is 3. The number of esters is 1. The summed E-state index contributed by atoms with van der Waals surface area (Å²) in [6.07, 6.45) is -0.0431. The molecule has 1 atom stereocenters. The summed E-state index contributed by atoms with van der Waals surface area (Å²) in [5, 5.41) is 9.23. The monoisotopic (exact) mass is 564 g/mol. The van der Waals surface area contributed by atoms with Crippen LogP contribution in [-0.4, -0.2) is 47.3 Å². The second kappa shape index (κ2) is 11.3. The lowest BCUT2D eigenvalue weighted by molar-refractivity contribution is -0.122. The van der Waals surface area contributed by atoms with E-state index in [2.05, 4.69) is 10.4 Å². The van der Waals surface area contributed by atoms with Crippen molar-refractivity contribution < 1.29 is 28.2 Å². The number of ether oxygens (including phenoxy) is 2. The highest BCUT2D eigenvalue weighted by Gasteiger charge is 2.36. The number of amides is 2. The average Bonchev–Trinajstić information content (AvgIpc) is 3.54. The maximum Gasteiger partial charge on any atom is 0.359 e. The lowest BCUT2D eigenvalue weighted by Gasteiger charge is -2.16. The van der Waals surface area contributed by atoms with Gasteiger partial charge in [-0.2, -0.15) is 9.78 Å². The van der Waals surface area contributed by atoms with E-state index in [-0.39, 0.29) is 46.9 Å². The van der Waals surface area contributed by atoms with Crippen molar-refractivity contribution in [3.8, 4) is 11.4 Å². The third-order valence-electron chi connectivity index (χ3n) is 6.38. The molecule has 1 saturated heterocycles. The summed E-state index contributed by atoms with van der Waals surface area (Å²) < 4.78 is 25.1. The van der Waals surface area contributed by atoms with Gasteiger partial charge in [0.15, 0.2) is 5.69 Å². The van der Waals surface area contributed by atoms with E-state index < -0.39 is 29.2 Å². The fourth-order valence-corrected chi connectivity index (χ4v) is 5.42. The molecule has 12 heteroatoms. The van der Waals surface area contributed by atoms with Gasteiger partial charge in [-0.1, -0.05) is 0 Å². The van der Waals surface area contributed by atoms with Crippen molar-refractivity contribution in [1.29, 1.82) is 0 Å². The zero-order valence-corrected chi connectivity index (χ0v) is 22.5. The van der Waals surface area contributed by atoms with Gasteiger partial charge in [-0.15, -0.1) is 11.3 Å². The molecule has 2 aromatic heterocycles. The number of aromatic nitrogens is 2. The predicted molar refractivity (Wildman–Crippen MR) is 148 cm³/mol. The highest BCUT2D eigenvalue weighted by Crippen LogP contribution is 2.33. The quantitative estimate of drug-likeness (QED) is 0.319. The van der Waals surface area contributed by atoms with E-state index in [4.69, 9.17) is 9.47 Å². The molecule has 0 aliphatic carbocycles. The Kier molecular flexibility index (Phi) is 7.60. The molecule has 206 valence electrons. The van der Waals surface area contributed by atoms with Gasteiger partial charge in [0, 0.05) is 29.4 Å². The molecule has 1 aliphatic rings. The first kappa shape index (κ1) is 27.0. The summed E-state index contributed by atoms with van der Waals surface area (Å²) in [5.41, 5.74) is 0.271. The van der Waals surface area contributed by atoms with Crippen LogP contribution in [0.2, 0.25) is 0 Å². The zero-order valence-electron chi connectivity index (χ0n) is 21.7. The number of hydrogen-bond acceptors (Lipinski definition) is 8. The van der Waals surface area contributed by atoms with Gasteiger partial charge in [0.1, 0.15) is 16.6 Å². The number of halogens is 1. The van der Waals surface area contributed by atoms with Crippen molar-refractivity contribution >= 4 is 50.6 Å². The van der Waals surface area contributed by atoms with E-state index in [1.807, 2.05) is 6.92 Å². The molecule has 0 saturated carbocycles. The summed E-state index contributed by atoms with van der Waals surface area (Å²) >= 11 is 1.07. The number of hydrogen-bond donors (Lipinski definition) is 1. The Hall–Kier alpha value is -4.58. The SMILES string of the molecule is CCOC(=O)c1nn(-c2ccc(OCC)cc2)c(=O)c2c(NC(=O)C3CC(=O)N(c4ccc(F)cc4)C3)scc12. The van der Waals surface area contributed by atoms with E-state index in [0.717, 1.165) is 16.0 Å². The molecule has 10 nitrogen and oxygen atoms in total. The van der Waals surface area contributed by atoms with Crippen LogP contribution < -0.4 is 20.5 Å². The summed E-state index contributed by atoms with van der Waals surface area (Å²) in [7, 11) is 0. The Bertz CT molecular complexity index is 1650. The largest absolute Gasteiger partial charge is 0.494 e. The van der Waals surface area contributed by atoms with Gasteiger partial charge in [-0.05, 0) is 62.4 Å². The number of nitrogens with zero attached hydrogens (tertiary/aromatic N) is 3. The third-order valence-corrected chi connectivity index (χ3v) is 7.28. The highest BCUT2D eigenvalue weighted by atomic mass is 32.1. The highest BCUT2D eigenvalue weighted by molar-refractivity contribution is 7.16. The minimum Gasteiger partial charge on any atom is -0.494 e. The fourth-order valence-electron chi connectivity index (χ4n) is 4.48. The van der Waals surface area contributed by atoms with Crippen LogP contribution in [0.5, 0.6) is 5.75 Å². The lowest BCUT2D eigenvalue weighted by atomic mass is 10.1. The molecule has 40 heavy (non-hydrogen) atoms. The fraction of sp³-hybridized carbons (Fsp3) is 0.250. The van der Waals surface area contributed by atoms with Gasteiger partial charge in [-0.25, -0.2) is 9.18 Å². The van der Waals surface area contributed by atoms with Crippen LogP contribution in [0, 0.1) is 11.7 Å². The third kappa shape index (κ3) is 5.17. The smallest absolute Gasteiger partial charge is 0.359 e. The standard InChI is InChI=1S/C28H25FN4O6S/c1-3-38-20-11-9-19(10-12-20)33-27(36)23-21(24(31-33)28(37)39-4-2)15-40-26(23)30-25(35)16-13-22(34)32(14-16)18-7-5-17(29)6-8-18/h5-12,15-16H,3-4,13-14H2,1-2H3,(H,30,35). The number of anilines is 2. The molecular formula is C28H25FN4O6S. The Balaban J connectivity index is 1.49. The Labute approximate surface area is 231 Å². The number of rotatable bonds is 8. The van der Waals surface area contributed by atoms with Crippen molar-refractivity contribution in [2.45, 2.75) is 20.3 Å². The minimum absolute atomic E-state index is 0.0431. The molecule has 1 N–H and O–H groups in total. The Morgan fingerprint density at radius 1 is 1.05 bits per heavy atom. The van der Waals surface area contributed by atoms with E-state index in [0.29, 0.717) is 23.7 Å². The van der Waals surface area contributed by atoms with E-state index >= 15 is 0 Å². The molecular weight excluding hydrogens is 539 g/mol. The molecule has 0 spiro atoms. The van der Waals surface area contributed by atoms with Crippen LogP contribution >= 0.6 is 11.3 Å². The first-order chi connectivity index (χ1) is 19.3. The number of fused-ring (bicyclic) bond motifs is 1. The Morgan fingerprint density at radius 3 is 2.42 bits per heavy atom. The molecule has 1 aliphatic heterocycles. The molecule has 0 bridgehead atoms. The second-order valence-electron chi connectivity index (χ2n) is 8.94. The Morgan fingerprint density at radius 2 is 1.75 bits per heavy atom. The molecule has 1 unspecified atom stereocenters. The van der Waals surface area contributed by atoms with Gasteiger partial charge in [0.25, 0.3) is 5.56 Å². The van der Waals surface area contributed by atoms with Crippen LogP contribution in [0.1, 0.15) is 30.8 Å². The van der Waals surface area contributed by atoms with Crippen LogP contribution in [0.3, 0.4) is 0 Å². The number of carbonyl (C=O) groups excluding carboxylic acids is 3. The van der Waals surface area contributed by atoms with Crippen LogP contribution in [0.4, 0.5) is 15.1 Å². The molecule has 5 rings (SSSR count). The number of thiophene rings is 1. The van der Waals surface area contributed by atoms with E-state index in [1.54, 1.807) is 36.6 Å². The van der Waals surface area contributed by atoms with Crippen molar-refractivity contribution in [2.24, 2.45) is 5.92 Å². The van der Waals surface area contributed by atoms with Gasteiger partial charge in [0.2, 0.25) is 11.8 Å². The maximum absolute atomic E-state index is 13.7. The van der Waals surface area contributed by atoms with Gasteiger partial charge in [-0.3, -0.25) is 14.4 Å². The average molecular weight is 565 g/mol. The number of benzene rings is 2. The summed E-state index contributed by atoms with van der Waals surface area (Å²) in [4.78, 5) is 53.7. The van der Waals surface area contributed by atoms with Crippen molar-refractivity contribution in [1.82, 2.24) is 9.78 Å². The van der Waals surface area contributed by atoms with Gasteiger partial charge >= 0.3 is 5.97 Å². The van der Waals surface area contributed by atoms with Gasteiger partial charge < -0.3 is 19.7 Å². The summed E-state index contributed by atoms with van der Waals surface area (Å²) in [5.74, 6) is -1.96. The molecule has 2 aromatic carbocycles. The summed E-state index contributed by atoms with van der Waals surface area (Å²) in [6.45, 7) is 4.20. The van der Waals surface area contributed by atoms with Crippen LogP contribution in [0.15, 0.2) is 58.7 Å². The van der Waals surface area contributed by atoms with E-state index in [9.17, 15) is 23.6 Å². The molecule has 0 radical (unpaired) electrons. The summed E-state index contributed by atoms with van der Waals surface area (Å²) in [6, 6.07) is 12.1. The van der Waals surface area contributed by atoms with Crippen LogP contribution in [-0.2, 0) is 14.3 Å². The minimum atomic E-state index is -0.709. The van der Waals surface area contributed by atoms with Crippen LogP contribution in [0.25, 0.3) is 16.5 Å². The van der Waals surface area contributed by atoms with E-state index in [1.165, 1.54) is 29.2 Å². The molecule has 3 heterocycles. The first-order valence-electron chi connectivity index (χ1n) is 12.6. The van der Waals surface area contributed by atoms with Crippen molar-refractivity contribution in [3.05, 3.63) is 75.8 Å². The lowest BCUT2D eigenvalue weighted by Crippen LogP contribution is -2.29. The zero-order chi connectivity index (χ0) is 28.4. The second-order valence-corrected chi connectivity index (χ2v) is 9.82. The molecule has 1 fully saturated rings. The normalized spacial score (nSPS) is 14.9. The van der Waals surface area contributed by atoms with Crippen molar-refractivity contribution in [3.63, 3.8) is 0 Å². The molecule has 4 aromatic rings.